The van der Waals surface area contributed by atoms with Crippen LogP contribution in [-0.4, -0.2) is 51.8 Å². The first-order valence-electron chi connectivity index (χ1n) is 12.7. The quantitative estimate of drug-likeness (QED) is 0.411. The van der Waals surface area contributed by atoms with E-state index in [-0.39, 0.29) is 11.8 Å². The number of ether oxygens (including phenoxy) is 2. The number of anilines is 2. The summed E-state index contributed by atoms with van der Waals surface area (Å²) in [6.07, 6.45) is 5.02. The van der Waals surface area contributed by atoms with Crippen molar-refractivity contribution in [2.45, 2.75) is 46.0 Å². The molecule has 0 aliphatic carbocycles. The molecule has 0 radical (unpaired) electrons. The second kappa shape index (κ2) is 13.7. The Hall–Kier alpha value is -3.06. The van der Waals surface area contributed by atoms with Crippen LogP contribution in [0, 0.1) is 5.92 Å². The molecule has 7 heteroatoms. The number of hydrogen-bond donors (Lipinski definition) is 2. The Morgan fingerprint density at radius 1 is 1.00 bits per heavy atom. The van der Waals surface area contributed by atoms with Gasteiger partial charge in [-0.1, -0.05) is 20.3 Å². The first kappa shape index (κ1) is 26.5. The second-order valence-electron chi connectivity index (χ2n) is 9.18. The summed E-state index contributed by atoms with van der Waals surface area (Å²) >= 11 is 0. The van der Waals surface area contributed by atoms with Gasteiger partial charge in [0.05, 0.1) is 12.2 Å². The molecule has 35 heavy (non-hydrogen) atoms. The van der Waals surface area contributed by atoms with Gasteiger partial charge in [-0.3, -0.25) is 9.59 Å². The van der Waals surface area contributed by atoms with Crippen LogP contribution in [0.15, 0.2) is 42.5 Å². The van der Waals surface area contributed by atoms with E-state index in [0.29, 0.717) is 42.5 Å². The number of nitrogens with one attached hydrogen (secondary N) is 2. The number of unbranched alkanes of at least 4 members (excludes halogenated alkanes) is 1. The van der Waals surface area contributed by atoms with E-state index >= 15 is 0 Å². The van der Waals surface area contributed by atoms with Crippen molar-refractivity contribution in [1.82, 2.24) is 5.32 Å². The van der Waals surface area contributed by atoms with Gasteiger partial charge in [-0.2, -0.15) is 0 Å². The molecule has 0 atom stereocenters. The minimum Gasteiger partial charge on any atom is -0.494 e. The molecular weight excluding hydrogens is 442 g/mol. The first-order chi connectivity index (χ1) is 17.0. The maximum atomic E-state index is 13.1. The molecule has 2 amide bonds. The van der Waals surface area contributed by atoms with Crippen molar-refractivity contribution >= 4 is 23.2 Å². The molecule has 0 aromatic heterocycles. The highest BCUT2D eigenvalue weighted by Gasteiger charge is 2.22. The fourth-order valence-corrected chi connectivity index (χ4v) is 4.07. The van der Waals surface area contributed by atoms with Crippen molar-refractivity contribution in [3.05, 3.63) is 53.6 Å². The summed E-state index contributed by atoms with van der Waals surface area (Å²) in [4.78, 5) is 28.2. The molecule has 2 N–H and O–H groups in total. The second-order valence-corrected chi connectivity index (χ2v) is 9.18. The first-order valence-corrected chi connectivity index (χ1v) is 12.7. The highest BCUT2D eigenvalue weighted by Crippen LogP contribution is 2.29. The Bertz CT molecular complexity index is 953. The van der Waals surface area contributed by atoms with Crippen LogP contribution in [0.4, 0.5) is 11.4 Å². The predicted octanol–water partition coefficient (Wildman–Crippen LogP) is 5.12. The zero-order valence-corrected chi connectivity index (χ0v) is 21.3. The monoisotopic (exact) mass is 481 g/mol. The smallest absolute Gasteiger partial charge is 0.255 e. The maximum Gasteiger partial charge on any atom is 0.255 e. The topological polar surface area (TPSA) is 79.9 Å². The lowest BCUT2D eigenvalue weighted by molar-refractivity contribution is 0.0947. The third kappa shape index (κ3) is 7.99. The SMILES string of the molecule is CCCCOc1ccc(C(=O)Nc2ccc(N3CCC(C)CC3)c(C(=O)NCCCOC)c2)cc1. The Kier molecular flexibility index (Phi) is 10.4. The predicted molar refractivity (Wildman–Crippen MR) is 141 cm³/mol. The molecule has 2 aromatic rings. The summed E-state index contributed by atoms with van der Waals surface area (Å²) in [7, 11) is 1.65. The van der Waals surface area contributed by atoms with Gasteiger partial charge in [0.15, 0.2) is 0 Å². The molecule has 2 aromatic carbocycles. The van der Waals surface area contributed by atoms with Gasteiger partial charge in [0, 0.05) is 50.3 Å². The van der Waals surface area contributed by atoms with Crippen LogP contribution in [0.25, 0.3) is 0 Å². The molecule has 0 unspecified atom stereocenters. The van der Waals surface area contributed by atoms with Gasteiger partial charge in [-0.05, 0) is 74.1 Å². The largest absolute Gasteiger partial charge is 0.494 e. The van der Waals surface area contributed by atoms with E-state index in [2.05, 4.69) is 29.4 Å². The minimum atomic E-state index is -0.226. The molecule has 0 spiro atoms. The van der Waals surface area contributed by atoms with Crippen molar-refractivity contribution in [3.8, 4) is 5.75 Å². The van der Waals surface area contributed by atoms with Gasteiger partial charge in [0.2, 0.25) is 0 Å². The molecule has 190 valence electrons. The van der Waals surface area contributed by atoms with Crippen LogP contribution in [0.3, 0.4) is 0 Å². The van der Waals surface area contributed by atoms with E-state index in [1.165, 1.54) is 0 Å². The van der Waals surface area contributed by atoms with Crippen molar-refractivity contribution < 1.29 is 19.1 Å². The molecule has 1 aliphatic rings. The molecule has 1 heterocycles. The van der Waals surface area contributed by atoms with Crippen LogP contribution in [0.2, 0.25) is 0 Å². The van der Waals surface area contributed by atoms with Crippen molar-refractivity contribution in [1.29, 1.82) is 0 Å². The molecule has 3 rings (SSSR count). The molecule has 0 bridgehead atoms. The Morgan fingerprint density at radius 2 is 1.74 bits per heavy atom. The van der Waals surface area contributed by atoms with Crippen LogP contribution < -0.4 is 20.3 Å². The number of rotatable bonds is 12. The summed E-state index contributed by atoms with van der Waals surface area (Å²) in [6, 6.07) is 12.7. The number of benzene rings is 2. The molecular formula is C28H39N3O4. The van der Waals surface area contributed by atoms with Gasteiger partial charge >= 0.3 is 0 Å². The van der Waals surface area contributed by atoms with Crippen molar-refractivity contribution in [2.24, 2.45) is 5.92 Å². The number of piperidine rings is 1. The third-order valence-electron chi connectivity index (χ3n) is 6.32. The van der Waals surface area contributed by atoms with Gasteiger partial charge in [-0.25, -0.2) is 0 Å². The van der Waals surface area contributed by atoms with Crippen LogP contribution in [0.5, 0.6) is 5.75 Å². The summed E-state index contributed by atoms with van der Waals surface area (Å²) in [5, 5.41) is 5.93. The van der Waals surface area contributed by atoms with E-state index in [1.54, 1.807) is 25.3 Å². The summed E-state index contributed by atoms with van der Waals surface area (Å²) in [5.74, 6) is 1.08. The van der Waals surface area contributed by atoms with Crippen LogP contribution in [0.1, 0.15) is 66.7 Å². The van der Waals surface area contributed by atoms with Crippen molar-refractivity contribution in [3.63, 3.8) is 0 Å². The van der Waals surface area contributed by atoms with E-state index in [9.17, 15) is 9.59 Å². The molecule has 0 saturated carbocycles. The number of nitrogens with zero attached hydrogens (tertiary/aromatic N) is 1. The fourth-order valence-electron chi connectivity index (χ4n) is 4.07. The summed E-state index contributed by atoms with van der Waals surface area (Å²) in [6.45, 7) is 8.02. The molecule has 1 fully saturated rings. The van der Waals surface area contributed by atoms with Crippen LogP contribution >= 0.6 is 0 Å². The lowest BCUT2D eigenvalue weighted by Gasteiger charge is -2.33. The zero-order chi connectivity index (χ0) is 25.0. The number of amides is 2. The average molecular weight is 482 g/mol. The van der Waals surface area contributed by atoms with Gasteiger partial charge < -0.3 is 25.0 Å². The zero-order valence-electron chi connectivity index (χ0n) is 21.3. The number of carbonyl (C=O) groups excluding carboxylic acids is 2. The lowest BCUT2D eigenvalue weighted by atomic mass is 9.97. The van der Waals surface area contributed by atoms with Crippen LogP contribution in [-0.2, 0) is 4.74 Å². The van der Waals surface area contributed by atoms with Gasteiger partial charge in [0.25, 0.3) is 11.8 Å². The highest BCUT2D eigenvalue weighted by molar-refractivity contribution is 6.06. The highest BCUT2D eigenvalue weighted by atomic mass is 16.5. The summed E-state index contributed by atoms with van der Waals surface area (Å²) < 4.78 is 10.8. The van der Waals surface area contributed by atoms with Gasteiger partial charge in [-0.15, -0.1) is 0 Å². The third-order valence-corrected chi connectivity index (χ3v) is 6.32. The molecule has 1 aliphatic heterocycles. The van der Waals surface area contributed by atoms with E-state index < -0.39 is 0 Å². The minimum absolute atomic E-state index is 0.139. The van der Waals surface area contributed by atoms with E-state index in [4.69, 9.17) is 9.47 Å². The van der Waals surface area contributed by atoms with Gasteiger partial charge in [0.1, 0.15) is 5.75 Å². The Balaban J connectivity index is 1.72. The average Bonchev–Trinajstić information content (AvgIpc) is 2.87. The van der Waals surface area contributed by atoms with E-state index in [1.807, 2.05) is 24.3 Å². The number of methoxy groups -OCH3 is 1. The number of carbonyl (C=O) groups is 2. The number of hydrogen-bond acceptors (Lipinski definition) is 5. The molecule has 1 saturated heterocycles. The maximum absolute atomic E-state index is 13.1. The van der Waals surface area contributed by atoms with E-state index in [0.717, 1.165) is 56.6 Å². The Morgan fingerprint density at radius 3 is 2.43 bits per heavy atom. The fraction of sp³-hybridized carbons (Fsp3) is 0.500. The normalized spacial score (nSPS) is 14.0. The molecule has 7 nitrogen and oxygen atoms in total. The summed E-state index contributed by atoms with van der Waals surface area (Å²) in [5.41, 5.74) is 2.61. The Labute approximate surface area is 209 Å². The van der Waals surface area contributed by atoms with Crippen molar-refractivity contribution in [2.75, 3.05) is 50.2 Å². The lowest BCUT2D eigenvalue weighted by Crippen LogP contribution is -2.35. The standard InChI is InChI=1S/C28H39N3O4/c1-4-5-19-35-24-10-7-22(8-11-24)27(32)30-23-9-12-26(31-16-13-21(2)14-17-31)25(20-23)28(33)29-15-6-18-34-3/h7-12,20-21H,4-6,13-19H2,1-3H3,(H,29,33)(H,30,32).